The molecule has 6 heteroatoms. The number of aromatic nitrogens is 3. The number of nitrogens with one attached hydrogen (secondary N) is 2. The highest BCUT2D eigenvalue weighted by Crippen LogP contribution is 2.24. The predicted molar refractivity (Wildman–Crippen MR) is 123 cm³/mol. The van der Waals surface area contributed by atoms with Crippen LogP contribution in [0.2, 0.25) is 0 Å². The molecule has 0 unspecified atom stereocenters. The molecular formula is C25H24N4O2. The molecular weight excluding hydrogens is 388 g/mol. The van der Waals surface area contributed by atoms with Crippen LogP contribution < -0.4 is 10.9 Å². The van der Waals surface area contributed by atoms with Gasteiger partial charge in [-0.25, -0.2) is 4.98 Å². The maximum absolute atomic E-state index is 12.8. The number of hydrogen-bond acceptors (Lipinski definition) is 4. The van der Waals surface area contributed by atoms with Crippen LogP contribution in [-0.2, 0) is 17.6 Å². The lowest BCUT2D eigenvalue weighted by atomic mass is 9.99. The summed E-state index contributed by atoms with van der Waals surface area (Å²) in [5.41, 5.74) is 5.73. The fourth-order valence-corrected chi connectivity index (χ4v) is 3.77. The van der Waals surface area contributed by atoms with Gasteiger partial charge in [0, 0.05) is 34.1 Å². The number of H-pyrrole nitrogens is 1. The van der Waals surface area contributed by atoms with E-state index in [1.807, 2.05) is 69.3 Å². The summed E-state index contributed by atoms with van der Waals surface area (Å²) in [5.74, 6) is 0.370. The smallest absolute Gasteiger partial charge is 0.251 e. The first-order chi connectivity index (χ1) is 14.9. The van der Waals surface area contributed by atoms with Crippen LogP contribution >= 0.6 is 0 Å². The number of rotatable bonds is 5. The van der Waals surface area contributed by atoms with Gasteiger partial charge in [0.1, 0.15) is 5.82 Å². The third-order valence-electron chi connectivity index (χ3n) is 5.40. The Labute approximate surface area is 180 Å². The topological polar surface area (TPSA) is 87.7 Å². The molecule has 0 fully saturated rings. The first kappa shape index (κ1) is 20.5. The number of anilines is 1. The predicted octanol–water partition coefficient (Wildman–Crippen LogP) is 4.35. The van der Waals surface area contributed by atoms with Crippen LogP contribution in [0.25, 0.3) is 22.3 Å². The molecule has 2 N–H and O–H groups in total. The minimum Gasteiger partial charge on any atom is -0.326 e. The zero-order valence-corrected chi connectivity index (χ0v) is 17.8. The number of carbonyl (C=O) groups is 1. The van der Waals surface area contributed by atoms with Crippen molar-refractivity contribution in [3.63, 3.8) is 0 Å². The molecule has 4 aromatic rings. The summed E-state index contributed by atoms with van der Waals surface area (Å²) in [6.07, 6.45) is 0.909. The molecule has 0 atom stereocenters. The van der Waals surface area contributed by atoms with Crippen LogP contribution in [0.4, 0.5) is 5.69 Å². The first-order valence-electron chi connectivity index (χ1n) is 10.3. The van der Waals surface area contributed by atoms with E-state index >= 15 is 0 Å². The van der Waals surface area contributed by atoms with Crippen molar-refractivity contribution in [3.05, 3.63) is 87.5 Å². The highest BCUT2D eigenvalue weighted by Gasteiger charge is 2.14. The van der Waals surface area contributed by atoms with Gasteiger partial charge in [-0.2, -0.15) is 0 Å². The zero-order chi connectivity index (χ0) is 22.0. The van der Waals surface area contributed by atoms with Gasteiger partial charge in [0.05, 0.1) is 11.9 Å². The number of aryl methyl sites for hydroxylation is 3. The number of carbonyl (C=O) groups excluding carboxylic acids is 1. The van der Waals surface area contributed by atoms with Gasteiger partial charge < -0.3 is 10.3 Å². The summed E-state index contributed by atoms with van der Waals surface area (Å²) in [7, 11) is 0. The molecule has 0 radical (unpaired) electrons. The maximum atomic E-state index is 12.8. The molecule has 0 bridgehead atoms. The lowest BCUT2D eigenvalue weighted by molar-refractivity contribution is -0.115. The van der Waals surface area contributed by atoms with Crippen LogP contribution in [0.15, 0.2) is 59.4 Å². The average Bonchev–Trinajstić information content (AvgIpc) is 2.76. The molecule has 0 saturated heterocycles. The number of pyridine rings is 1. The normalized spacial score (nSPS) is 10.9. The fourth-order valence-electron chi connectivity index (χ4n) is 3.77. The monoisotopic (exact) mass is 412 g/mol. The van der Waals surface area contributed by atoms with Crippen LogP contribution in [0, 0.1) is 13.8 Å². The number of aromatic amines is 1. The van der Waals surface area contributed by atoms with Gasteiger partial charge in [-0.1, -0.05) is 37.3 Å². The van der Waals surface area contributed by atoms with Gasteiger partial charge in [0.2, 0.25) is 5.91 Å². The Balaban J connectivity index is 1.58. The third kappa shape index (κ3) is 4.38. The molecule has 4 rings (SSSR count). The van der Waals surface area contributed by atoms with Gasteiger partial charge in [0.15, 0.2) is 0 Å². The minimum atomic E-state index is -0.189. The Morgan fingerprint density at radius 3 is 2.65 bits per heavy atom. The molecule has 0 aliphatic rings. The molecule has 0 aliphatic heterocycles. The number of amides is 1. The second-order valence-electron chi connectivity index (χ2n) is 7.56. The van der Waals surface area contributed by atoms with Gasteiger partial charge in [0.25, 0.3) is 5.56 Å². The van der Waals surface area contributed by atoms with Crippen molar-refractivity contribution >= 4 is 22.5 Å². The van der Waals surface area contributed by atoms with Crippen LogP contribution in [0.3, 0.4) is 0 Å². The molecule has 2 aromatic heterocycles. The summed E-state index contributed by atoms with van der Waals surface area (Å²) in [5, 5.41) is 4.02. The van der Waals surface area contributed by atoms with Crippen molar-refractivity contribution in [3.8, 4) is 11.4 Å². The fraction of sp³-hybridized carbons (Fsp3) is 0.200. The lowest BCUT2D eigenvalue weighted by Gasteiger charge is -2.13. The summed E-state index contributed by atoms with van der Waals surface area (Å²) >= 11 is 0. The minimum absolute atomic E-state index is 0.121. The molecule has 2 heterocycles. The number of nitrogens with zero attached hydrogens (tertiary/aromatic N) is 2. The Morgan fingerprint density at radius 1 is 1.03 bits per heavy atom. The molecule has 156 valence electrons. The number of para-hydroxylation sites is 1. The molecule has 1 amide bonds. The zero-order valence-electron chi connectivity index (χ0n) is 17.8. The van der Waals surface area contributed by atoms with Crippen LogP contribution in [-0.4, -0.2) is 20.9 Å². The summed E-state index contributed by atoms with van der Waals surface area (Å²) in [4.78, 5) is 36.6. The SMILES string of the molecule is CCc1cc(=O)[nH]c(-c2cccc(NC(=O)Cc3c(C)nc4ccccc4c3C)c2)n1. The van der Waals surface area contributed by atoms with Crippen molar-refractivity contribution in [1.82, 2.24) is 15.0 Å². The number of hydrogen-bond donors (Lipinski definition) is 2. The average molecular weight is 412 g/mol. The van der Waals surface area contributed by atoms with E-state index in [-0.39, 0.29) is 17.9 Å². The quantitative estimate of drug-likeness (QED) is 0.510. The molecule has 0 spiro atoms. The van der Waals surface area contributed by atoms with Gasteiger partial charge >= 0.3 is 0 Å². The summed E-state index contributed by atoms with van der Waals surface area (Å²) in [6.45, 7) is 5.92. The first-order valence-corrected chi connectivity index (χ1v) is 10.3. The van der Waals surface area contributed by atoms with Crippen molar-refractivity contribution < 1.29 is 4.79 Å². The van der Waals surface area contributed by atoms with E-state index in [9.17, 15) is 9.59 Å². The van der Waals surface area contributed by atoms with E-state index < -0.39 is 0 Å². The number of fused-ring (bicyclic) bond motifs is 1. The highest BCUT2D eigenvalue weighted by molar-refractivity contribution is 5.94. The Kier molecular flexibility index (Phi) is 5.62. The van der Waals surface area contributed by atoms with Crippen molar-refractivity contribution in [2.75, 3.05) is 5.32 Å². The summed E-state index contributed by atoms with van der Waals surface area (Å²) < 4.78 is 0. The molecule has 2 aromatic carbocycles. The van der Waals surface area contributed by atoms with Gasteiger partial charge in [-0.3, -0.25) is 14.6 Å². The standard InChI is InChI=1S/C25H24N4O2/c1-4-18-13-23(30)29-25(28-18)17-8-7-9-19(12-17)27-24(31)14-21-15(2)20-10-5-6-11-22(20)26-16(21)3/h5-13H,4,14H2,1-3H3,(H,27,31)(H,28,29,30). The van der Waals surface area contributed by atoms with E-state index in [4.69, 9.17) is 0 Å². The van der Waals surface area contributed by atoms with Crippen molar-refractivity contribution in [1.29, 1.82) is 0 Å². The number of benzene rings is 2. The Bertz CT molecular complexity index is 1340. The second kappa shape index (κ2) is 8.52. The van der Waals surface area contributed by atoms with E-state index in [0.717, 1.165) is 39.0 Å². The van der Waals surface area contributed by atoms with Crippen molar-refractivity contribution in [2.24, 2.45) is 0 Å². The third-order valence-corrected chi connectivity index (χ3v) is 5.40. The van der Waals surface area contributed by atoms with Crippen LogP contribution in [0.5, 0.6) is 0 Å². The highest BCUT2D eigenvalue weighted by atomic mass is 16.1. The van der Waals surface area contributed by atoms with E-state index in [1.54, 1.807) is 0 Å². The van der Waals surface area contributed by atoms with Gasteiger partial charge in [-0.05, 0) is 49.6 Å². The maximum Gasteiger partial charge on any atom is 0.251 e. The Hall–Kier alpha value is -3.80. The lowest BCUT2D eigenvalue weighted by Crippen LogP contribution is -2.16. The molecule has 6 nitrogen and oxygen atoms in total. The summed E-state index contributed by atoms with van der Waals surface area (Å²) in [6, 6.07) is 16.8. The van der Waals surface area contributed by atoms with E-state index in [2.05, 4.69) is 20.3 Å². The largest absolute Gasteiger partial charge is 0.326 e. The Morgan fingerprint density at radius 2 is 1.84 bits per heavy atom. The van der Waals surface area contributed by atoms with E-state index in [1.165, 1.54) is 6.07 Å². The molecule has 0 aliphatic carbocycles. The molecule has 31 heavy (non-hydrogen) atoms. The van der Waals surface area contributed by atoms with Gasteiger partial charge in [-0.15, -0.1) is 0 Å². The van der Waals surface area contributed by atoms with E-state index in [0.29, 0.717) is 17.9 Å². The van der Waals surface area contributed by atoms with Crippen LogP contribution in [0.1, 0.15) is 29.4 Å². The molecule has 0 saturated carbocycles. The second-order valence-corrected chi connectivity index (χ2v) is 7.56. The van der Waals surface area contributed by atoms with Crippen molar-refractivity contribution in [2.45, 2.75) is 33.6 Å².